The van der Waals surface area contributed by atoms with Crippen LogP contribution in [0.5, 0.6) is 0 Å². The van der Waals surface area contributed by atoms with Crippen molar-refractivity contribution in [1.29, 1.82) is 0 Å². The van der Waals surface area contributed by atoms with Gasteiger partial charge in [-0.25, -0.2) is 0 Å². The summed E-state index contributed by atoms with van der Waals surface area (Å²) in [4.78, 5) is 13.7. The standard InChI is InChI=1S/C13H16N2O/c1-15-11-5-3-2-4-9(11)13(6-7-13)8-10(14)12(15)16/h2-5,10H,6-8,14H2,1H3/t10-/m0/s1. The molecule has 1 saturated carbocycles. The maximum atomic E-state index is 12.0. The van der Waals surface area contributed by atoms with E-state index in [1.165, 1.54) is 18.4 Å². The molecule has 3 rings (SSSR count). The molecule has 0 unspecified atom stereocenters. The predicted octanol–water partition coefficient (Wildman–Crippen LogP) is 1.41. The Hall–Kier alpha value is -1.35. The predicted molar refractivity (Wildman–Crippen MR) is 63.4 cm³/mol. The first-order valence-electron chi connectivity index (χ1n) is 5.77. The van der Waals surface area contributed by atoms with Crippen LogP contribution in [-0.4, -0.2) is 19.0 Å². The third-order valence-electron chi connectivity index (χ3n) is 3.95. The summed E-state index contributed by atoms with van der Waals surface area (Å²) in [6, 6.07) is 7.85. The number of amides is 1. The summed E-state index contributed by atoms with van der Waals surface area (Å²) in [6.45, 7) is 0. The number of rotatable bonds is 0. The molecule has 0 bridgehead atoms. The fourth-order valence-corrected chi connectivity index (χ4v) is 2.82. The zero-order valence-electron chi connectivity index (χ0n) is 9.44. The van der Waals surface area contributed by atoms with Gasteiger partial charge in [-0.1, -0.05) is 18.2 Å². The van der Waals surface area contributed by atoms with E-state index in [0.717, 1.165) is 12.1 Å². The normalized spacial score (nSPS) is 26.5. The van der Waals surface area contributed by atoms with Crippen molar-refractivity contribution in [3.8, 4) is 0 Å². The first kappa shape index (κ1) is 9.85. The van der Waals surface area contributed by atoms with Gasteiger partial charge in [0, 0.05) is 12.7 Å². The fourth-order valence-electron chi connectivity index (χ4n) is 2.82. The molecule has 1 fully saturated rings. The average Bonchev–Trinajstić information content (AvgIpc) is 3.07. The topological polar surface area (TPSA) is 46.3 Å². The van der Waals surface area contributed by atoms with Gasteiger partial charge in [-0.15, -0.1) is 0 Å². The van der Waals surface area contributed by atoms with E-state index >= 15 is 0 Å². The van der Waals surface area contributed by atoms with Crippen molar-refractivity contribution in [3.63, 3.8) is 0 Å². The quantitative estimate of drug-likeness (QED) is 0.712. The second-order valence-electron chi connectivity index (χ2n) is 5.01. The molecule has 16 heavy (non-hydrogen) atoms. The molecule has 2 aliphatic rings. The molecular formula is C13H16N2O. The number of hydrogen-bond donors (Lipinski definition) is 1. The van der Waals surface area contributed by atoms with Crippen LogP contribution in [0.15, 0.2) is 24.3 Å². The van der Waals surface area contributed by atoms with Crippen molar-refractivity contribution in [1.82, 2.24) is 0 Å². The molecule has 1 aliphatic heterocycles. The Morgan fingerprint density at radius 3 is 2.75 bits per heavy atom. The number of hydrogen-bond acceptors (Lipinski definition) is 2. The van der Waals surface area contributed by atoms with Gasteiger partial charge in [0.1, 0.15) is 0 Å². The third-order valence-corrected chi connectivity index (χ3v) is 3.95. The average molecular weight is 216 g/mol. The van der Waals surface area contributed by atoms with Crippen LogP contribution >= 0.6 is 0 Å². The van der Waals surface area contributed by atoms with E-state index < -0.39 is 0 Å². The monoisotopic (exact) mass is 216 g/mol. The van der Waals surface area contributed by atoms with Gasteiger partial charge >= 0.3 is 0 Å². The number of anilines is 1. The minimum absolute atomic E-state index is 0.0382. The van der Waals surface area contributed by atoms with E-state index in [0.29, 0.717) is 0 Å². The van der Waals surface area contributed by atoms with Crippen molar-refractivity contribution in [3.05, 3.63) is 29.8 Å². The Kier molecular flexibility index (Phi) is 1.89. The van der Waals surface area contributed by atoms with Crippen LogP contribution in [0.2, 0.25) is 0 Å². The third kappa shape index (κ3) is 1.21. The Labute approximate surface area is 95.2 Å². The van der Waals surface area contributed by atoms with Gasteiger partial charge in [-0.05, 0) is 36.3 Å². The molecule has 0 radical (unpaired) electrons. The van der Waals surface area contributed by atoms with Gasteiger partial charge in [-0.2, -0.15) is 0 Å². The molecule has 0 aromatic heterocycles. The lowest BCUT2D eigenvalue weighted by Crippen LogP contribution is -2.41. The van der Waals surface area contributed by atoms with Crippen LogP contribution in [0.1, 0.15) is 24.8 Å². The zero-order chi connectivity index (χ0) is 11.3. The number of para-hydroxylation sites is 1. The molecule has 84 valence electrons. The summed E-state index contributed by atoms with van der Waals surface area (Å²) in [7, 11) is 1.82. The smallest absolute Gasteiger partial charge is 0.243 e. The van der Waals surface area contributed by atoms with Gasteiger partial charge in [0.2, 0.25) is 5.91 Å². The zero-order valence-corrected chi connectivity index (χ0v) is 9.44. The highest BCUT2D eigenvalue weighted by Gasteiger charge is 2.50. The van der Waals surface area contributed by atoms with Crippen molar-refractivity contribution >= 4 is 11.6 Å². The molecule has 1 aromatic rings. The van der Waals surface area contributed by atoms with Crippen LogP contribution in [0.4, 0.5) is 5.69 Å². The number of likely N-dealkylation sites (N-methyl/N-ethyl adjacent to an activating group) is 1. The van der Waals surface area contributed by atoms with E-state index in [1.54, 1.807) is 4.90 Å². The highest BCUT2D eigenvalue weighted by atomic mass is 16.2. The Balaban J connectivity index is 2.17. The first-order chi connectivity index (χ1) is 7.64. The number of fused-ring (bicyclic) bond motifs is 2. The molecule has 1 spiro atoms. The summed E-state index contributed by atoms with van der Waals surface area (Å²) < 4.78 is 0. The molecular weight excluding hydrogens is 200 g/mol. The van der Waals surface area contributed by atoms with E-state index in [9.17, 15) is 4.79 Å². The summed E-state index contributed by atoms with van der Waals surface area (Å²) in [5.41, 5.74) is 8.51. The maximum Gasteiger partial charge on any atom is 0.243 e. The Bertz CT molecular complexity index is 451. The number of benzene rings is 1. The number of nitrogens with two attached hydrogens (primary N) is 1. The van der Waals surface area contributed by atoms with Crippen LogP contribution < -0.4 is 10.6 Å². The molecule has 1 aromatic carbocycles. The molecule has 1 atom stereocenters. The van der Waals surface area contributed by atoms with E-state index in [1.807, 2.05) is 25.2 Å². The number of carbonyl (C=O) groups excluding carboxylic acids is 1. The van der Waals surface area contributed by atoms with E-state index in [4.69, 9.17) is 5.73 Å². The van der Waals surface area contributed by atoms with Crippen molar-refractivity contribution in [2.75, 3.05) is 11.9 Å². The summed E-state index contributed by atoms with van der Waals surface area (Å²) in [6.07, 6.45) is 3.13. The summed E-state index contributed by atoms with van der Waals surface area (Å²) in [5.74, 6) is 0.0382. The lowest BCUT2D eigenvalue weighted by atomic mass is 9.89. The van der Waals surface area contributed by atoms with Crippen molar-refractivity contribution in [2.24, 2.45) is 5.73 Å². The second kappa shape index (κ2) is 3.08. The lowest BCUT2D eigenvalue weighted by molar-refractivity contribution is -0.119. The largest absolute Gasteiger partial charge is 0.320 e. The molecule has 1 amide bonds. The van der Waals surface area contributed by atoms with E-state index in [2.05, 4.69) is 6.07 Å². The first-order valence-corrected chi connectivity index (χ1v) is 5.77. The molecule has 3 heteroatoms. The molecule has 3 nitrogen and oxygen atoms in total. The van der Waals surface area contributed by atoms with Crippen molar-refractivity contribution in [2.45, 2.75) is 30.7 Å². The van der Waals surface area contributed by atoms with Crippen LogP contribution in [-0.2, 0) is 10.2 Å². The molecule has 1 heterocycles. The van der Waals surface area contributed by atoms with Gasteiger partial charge in [0.25, 0.3) is 0 Å². The highest BCUT2D eigenvalue weighted by Crippen LogP contribution is 2.55. The SMILES string of the molecule is CN1C(=O)[C@@H](N)CC2(CC2)c2ccccc21. The Morgan fingerprint density at radius 1 is 1.38 bits per heavy atom. The van der Waals surface area contributed by atoms with Crippen molar-refractivity contribution < 1.29 is 4.79 Å². The van der Waals surface area contributed by atoms with E-state index in [-0.39, 0.29) is 17.4 Å². The maximum absolute atomic E-state index is 12.0. The molecule has 0 saturated heterocycles. The van der Waals surface area contributed by atoms with Gasteiger partial charge < -0.3 is 10.6 Å². The Morgan fingerprint density at radius 2 is 2.06 bits per heavy atom. The second-order valence-corrected chi connectivity index (χ2v) is 5.01. The van der Waals surface area contributed by atoms with Gasteiger partial charge in [0.15, 0.2) is 0 Å². The van der Waals surface area contributed by atoms with Crippen LogP contribution in [0.25, 0.3) is 0 Å². The summed E-state index contributed by atoms with van der Waals surface area (Å²) in [5, 5.41) is 0. The molecule has 1 aliphatic carbocycles. The molecule has 2 N–H and O–H groups in total. The highest BCUT2D eigenvalue weighted by molar-refractivity contribution is 5.98. The lowest BCUT2D eigenvalue weighted by Gasteiger charge is -2.19. The van der Waals surface area contributed by atoms with Crippen LogP contribution in [0.3, 0.4) is 0 Å². The minimum Gasteiger partial charge on any atom is -0.320 e. The number of carbonyl (C=O) groups is 1. The number of nitrogens with zero attached hydrogens (tertiary/aromatic N) is 1. The minimum atomic E-state index is -0.347. The summed E-state index contributed by atoms with van der Waals surface area (Å²) >= 11 is 0. The van der Waals surface area contributed by atoms with Gasteiger partial charge in [0.05, 0.1) is 6.04 Å². The van der Waals surface area contributed by atoms with Gasteiger partial charge in [-0.3, -0.25) is 4.79 Å². The van der Waals surface area contributed by atoms with Crippen LogP contribution in [0, 0.1) is 0 Å². The fraction of sp³-hybridized carbons (Fsp3) is 0.462.